The maximum Gasteiger partial charge on any atom is 0.142 e. The highest BCUT2D eigenvalue weighted by Crippen LogP contribution is 2.35. The van der Waals surface area contributed by atoms with Gasteiger partial charge in [-0.3, -0.25) is 0 Å². The van der Waals surface area contributed by atoms with Gasteiger partial charge >= 0.3 is 0 Å². The highest BCUT2D eigenvalue weighted by molar-refractivity contribution is 6.32. The molecule has 0 saturated carbocycles. The minimum absolute atomic E-state index is 0.107. The van der Waals surface area contributed by atoms with Crippen molar-refractivity contribution in [2.75, 3.05) is 13.7 Å². The molecule has 5 heteroatoms. The zero-order valence-electron chi connectivity index (χ0n) is 11.8. The van der Waals surface area contributed by atoms with Gasteiger partial charge in [-0.05, 0) is 35.9 Å². The van der Waals surface area contributed by atoms with Gasteiger partial charge in [0.2, 0.25) is 0 Å². The maximum atomic E-state index is 13.7. The molecule has 0 radical (unpaired) electrons. The molecule has 0 heterocycles. The smallest absolute Gasteiger partial charge is 0.142 e. The van der Waals surface area contributed by atoms with E-state index < -0.39 is 5.82 Å². The molecule has 2 aromatic rings. The van der Waals surface area contributed by atoms with Crippen LogP contribution in [0.1, 0.15) is 24.1 Å². The van der Waals surface area contributed by atoms with E-state index in [1.165, 1.54) is 6.07 Å². The second-order valence-corrected chi connectivity index (χ2v) is 5.31. The molecule has 112 valence electrons. The monoisotopic (exact) mass is 327 g/mol. The van der Waals surface area contributed by atoms with E-state index in [-0.39, 0.29) is 11.1 Å². The second-order valence-electron chi connectivity index (χ2n) is 4.52. The Morgan fingerprint density at radius 3 is 2.57 bits per heavy atom. The lowest BCUT2D eigenvalue weighted by atomic mass is 9.98. The van der Waals surface area contributed by atoms with Crippen LogP contribution in [0.4, 0.5) is 4.39 Å². The molecule has 0 saturated heterocycles. The van der Waals surface area contributed by atoms with E-state index in [2.05, 4.69) is 5.32 Å². The Labute approximate surface area is 133 Å². The highest BCUT2D eigenvalue weighted by Gasteiger charge is 2.20. The lowest BCUT2D eigenvalue weighted by molar-refractivity contribution is 0.414. The summed E-state index contributed by atoms with van der Waals surface area (Å²) >= 11 is 12.4. The van der Waals surface area contributed by atoms with Crippen molar-refractivity contribution in [3.63, 3.8) is 0 Å². The topological polar surface area (TPSA) is 21.3 Å². The van der Waals surface area contributed by atoms with Gasteiger partial charge in [-0.2, -0.15) is 0 Å². The molecule has 0 amide bonds. The first kappa shape index (κ1) is 16.1. The van der Waals surface area contributed by atoms with Crippen LogP contribution in [-0.2, 0) is 0 Å². The standard InChI is InChI=1S/C16H16Cl2FNO/c1-3-20-16(12-5-4-6-14(19)15(12)18)11-8-7-10(21-2)9-13(11)17/h4-9,16,20H,3H2,1-2H3. The van der Waals surface area contributed by atoms with Gasteiger partial charge in [-0.1, -0.05) is 48.3 Å². The molecule has 2 aromatic carbocycles. The van der Waals surface area contributed by atoms with Gasteiger partial charge in [-0.25, -0.2) is 4.39 Å². The van der Waals surface area contributed by atoms with Crippen molar-refractivity contribution in [2.45, 2.75) is 13.0 Å². The predicted molar refractivity (Wildman–Crippen MR) is 84.9 cm³/mol. The molecular formula is C16H16Cl2FNO. The molecule has 0 bridgehead atoms. The van der Waals surface area contributed by atoms with Gasteiger partial charge in [0.15, 0.2) is 0 Å². The van der Waals surface area contributed by atoms with E-state index >= 15 is 0 Å². The van der Waals surface area contributed by atoms with Crippen molar-refractivity contribution in [1.82, 2.24) is 5.32 Å². The van der Waals surface area contributed by atoms with E-state index in [1.807, 2.05) is 19.1 Å². The summed E-state index contributed by atoms with van der Waals surface area (Å²) in [6.07, 6.45) is 0. The van der Waals surface area contributed by atoms with Gasteiger partial charge in [0.05, 0.1) is 18.2 Å². The molecule has 0 aliphatic carbocycles. The number of benzene rings is 2. The average Bonchev–Trinajstić information content (AvgIpc) is 2.48. The summed E-state index contributed by atoms with van der Waals surface area (Å²) < 4.78 is 18.8. The van der Waals surface area contributed by atoms with Gasteiger partial charge in [0, 0.05) is 5.02 Å². The lowest BCUT2D eigenvalue weighted by Crippen LogP contribution is -2.23. The summed E-state index contributed by atoms with van der Waals surface area (Å²) in [5.74, 6) is 0.228. The van der Waals surface area contributed by atoms with E-state index in [1.54, 1.807) is 25.3 Å². The molecule has 0 aliphatic heterocycles. The zero-order chi connectivity index (χ0) is 15.4. The molecule has 0 aliphatic rings. The van der Waals surface area contributed by atoms with Crippen LogP contribution in [0, 0.1) is 5.82 Å². The Bertz CT molecular complexity index is 634. The molecule has 0 spiro atoms. The third kappa shape index (κ3) is 3.49. The van der Waals surface area contributed by atoms with Crippen molar-refractivity contribution >= 4 is 23.2 Å². The molecule has 1 atom stereocenters. The van der Waals surface area contributed by atoms with Gasteiger partial charge in [-0.15, -0.1) is 0 Å². The van der Waals surface area contributed by atoms with Crippen LogP contribution in [0.25, 0.3) is 0 Å². The largest absolute Gasteiger partial charge is 0.497 e. The molecule has 21 heavy (non-hydrogen) atoms. The van der Waals surface area contributed by atoms with E-state index in [0.717, 1.165) is 5.56 Å². The molecule has 1 unspecified atom stereocenters. The summed E-state index contributed by atoms with van der Waals surface area (Å²) in [5.41, 5.74) is 1.48. The maximum absolute atomic E-state index is 13.7. The van der Waals surface area contributed by atoms with Gasteiger partial charge in [0.25, 0.3) is 0 Å². The third-order valence-corrected chi connectivity index (χ3v) is 3.95. The number of methoxy groups -OCH3 is 1. The molecule has 2 nitrogen and oxygen atoms in total. The van der Waals surface area contributed by atoms with E-state index in [4.69, 9.17) is 27.9 Å². The number of hydrogen-bond donors (Lipinski definition) is 1. The van der Waals surface area contributed by atoms with Crippen molar-refractivity contribution in [3.8, 4) is 5.75 Å². The second kappa shape index (κ2) is 7.12. The number of nitrogens with one attached hydrogen (secondary N) is 1. The zero-order valence-corrected chi connectivity index (χ0v) is 13.3. The van der Waals surface area contributed by atoms with E-state index in [0.29, 0.717) is 22.9 Å². The Hall–Kier alpha value is -1.29. The fourth-order valence-corrected chi connectivity index (χ4v) is 2.72. The normalized spacial score (nSPS) is 12.2. The summed E-state index contributed by atoms with van der Waals surface area (Å²) in [6, 6.07) is 9.89. The van der Waals surface area contributed by atoms with Crippen LogP contribution in [0.15, 0.2) is 36.4 Å². The number of rotatable bonds is 5. The lowest BCUT2D eigenvalue weighted by Gasteiger charge is -2.21. The molecule has 1 N–H and O–H groups in total. The minimum atomic E-state index is -0.443. The SMILES string of the molecule is CCNC(c1ccc(OC)cc1Cl)c1cccc(F)c1Cl. The summed E-state index contributed by atoms with van der Waals surface area (Å²) in [5, 5.41) is 3.93. The first-order chi connectivity index (χ1) is 10.1. The molecule has 0 aromatic heterocycles. The Balaban J connectivity index is 2.51. The number of halogens is 3. The van der Waals surface area contributed by atoms with Gasteiger partial charge < -0.3 is 10.1 Å². The van der Waals surface area contributed by atoms with Crippen LogP contribution in [0.5, 0.6) is 5.75 Å². The average molecular weight is 328 g/mol. The fraction of sp³-hybridized carbons (Fsp3) is 0.250. The number of ether oxygens (including phenoxy) is 1. The van der Waals surface area contributed by atoms with Crippen LogP contribution < -0.4 is 10.1 Å². The Morgan fingerprint density at radius 1 is 1.19 bits per heavy atom. The fourth-order valence-electron chi connectivity index (χ4n) is 2.20. The third-order valence-electron chi connectivity index (χ3n) is 3.22. The first-order valence-corrected chi connectivity index (χ1v) is 7.34. The van der Waals surface area contributed by atoms with Crippen molar-refractivity contribution in [3.05, 3.63) is 63.4 Å². The van der Waals surface area contributed by atoms with Crippen LogP contribution in [0.2, 0.25) is 10.0 Å². The van der Waals surface area contributed by atoms with Crippen molar-refractivity contribution in [2.24, 2.45) is 0 Å². The summed E-state index contributed by atoms with van der Waals surface area (Å²) in [4.78, 5) is 0. The molecular weight excluding hydrogens is 312 g/mol. The Morgan fingerprint density at radius 2 is 1.95 bits per heavy atom. The minimum Gasteiger partial charge on any atom is -0.497 e. The van der Waals surface area contributed by atoms with E-state index in [9.17, 15) is 4.39 Å². The highest BCUT2D eigenvalue weighted by atomic mass is 35.5. The molecule has 0 fully saturated rings. The summed E-state index contributed by atoms with van der Waals surface area (Å²) in [6.45, 7) is 2.66. The summed E-state index contributed by atoms with van der Waals surface area (Å²) in [7, 11) is 1.58. The molecule has 2 rings (SSSR count). The van der Waals surface area contributed by atoms with Crippen LogP contribution >= 0.6 is 23.2 Å². The van der Waals surface area contributed by atoms with Crippen LogP contribution in [-0.4, -0.2) is 13.7 Å². The van der Waals surface area contributed by atoms with Gasteiger partial charge in [0.1, 0.15) is 11.6 Å². The Kier molecular flexibility index (Phi) is 5.45. The van der Waals surface area contributed by atoms with Crippen LogP contribution in [0.3, 0.4) is 0 Å². The first-order valence-electron chi connectivity index (χ1n) is 6.59. The number of hydrogen-bond acceptors (Lipinski definition) is 2. The quantitative estimate of drug-likeness (QED) is 0.848. The van der Waals surface area contributed by atoms with Crippen molar-refractivity contribution < 1.29 is 9.13 Å². The van der Waals surface area contributed by atoms with Crippen molar-refractivity contribution in [1.29, 1.82) is 0 Å². The predicted octanol–water partition coefficient (Wildman–Crippen LogP) is 4.84.